The van der Waals surface area contributed by atoms with Crippen LogP contribution in [-0.2, 0) is 4.74 Å². The highest BCUT2D eigenvalue weighted by Gasteiger charge is 2.13. The van der Waals surface area contributed by atoms with Crippen molar-refractivity contribution in [3.05, 3.63) is 21.3 Å². The van der Waals surface area contributed by atoms with Gasteiger partial charge in [0.2, 0.25) is 0 Å². The number of rotatable bonds is 6. The SMILES string of the molecule is O=C(NCCCOC1CCCCC1)c1ccc(Cl)s1. The third kappa shape index (κ3) is 5.13. The van der Waals surface area contributed by atoms with Crippen LogP contribution in [0.5, 0.6) is 0 Å². The summed E-state index contributed by atoms with van der Waals surface area (Å²) in [6, 6.07) is 3.49. The van der Waals surface area contributed by atoms with Gasteiger partial charge in [0.05, 0.1) is 15.3 Å². The van der Waals surface area contributed by atoms with Crippen molar-refractivity contribution in [3.8, 4) is 0 Å². The zero-order valence-electron chi connectivity index (χ0n) is 11.0. The maximum atomic E-state index is 11.7. The van der Waals surface area contributed by atoms with E-state index in [-0.39, 0.29) is 5.91 Å². The number of ether oxygens (including phenoxy) is 1. The van der Waals surface area contributed by atoms with Crippen LogP contribution in [0.15, 0.2) is 12.1 Å². The number of nitrogens with one attached hydrogen (secondary N) is 1. The highest BCUT2D eigenvalue weighted by atomic mass is 35.5. The number of thiophene rings is 1. The minimum atomic E-state index is -0.0467. The predicted molar refractivity (Wildman–Crippen MR) is 79.1 cm³/mol. The van der Waals surface area contributed by atoms with Crippen molar-refractivity contribution < 1.29 is 9.53 Å². The Balaban J connectivity index is 1.55. The summed E-state index contributed by atoms with van der Waals surface area (Å²) in [7, 11) is 0. The van der Waals surface area contributed by atoms with E-state index >= 15 is 0 Å². The Morgan fingerprint density at radius 3 is 2.84 bits per heavy atom. The lowest BCUT2D eigenvalue weighted by Crippen LogP contribution is -2.25. The Morgan fingerprint density at radius 1 is 1.37 bits per heavy atom. The first kappa shape index (κ1) is 14.8. The summed E-state index contributed by atoms with van der Waals surface area (Å²) < 4.78 is 6.45. The molecule has 1 aliphatic rings. The molecule has 0 spiro atoms. The summed E-state index contributed by atoms with van der Waals surface area (Å²) in [5, 5.41) is 2.88. The molecular weight excluding hydrogens is 282 g/mol. The van der Waals surface area contributed by atoms with Crippen LogP contribution in [-0.4, -0.2) is 25.2 Å². The molecule has 0 bridgehead atoms. The molecule has 1 aliphatic carbocycles. The maximum Gasteiger partial charge on any atom is 0.261 e. The number of carbonyl (C=O) groups excluding carboxylic acids is 1. The molecule has 2 rings (SSSR count). The van der Waals surface area contributed by atoms with Gasteiger partial charge < -0.3 is 10.1 Å². The topological polar surface area (TPSA) is 38.3 Å². The fraction of sp³-hybridized carbons (Fsp3) is 0.643. The van der Waals surface area contributed by atoms with Crippen LogP contribution in [0.1, 0.15) is 48.2 Å². The van der Waals surface area contributed by atoms with Crippen LogP contribution in [0.3, 0.4) is 0 Å². The lowest BCUT2D eigenvalue weighted by molar-refractivity contribution is 0.0273. The van der Waals surface area contributed by atoms with Gasteiger partial charge in [0, 0.05) is 13.2 Å². The van der Waals surface area contributed by atoms with Crippen molar-refractivity contribution in [2.75, 3.05) is 13.2 Å². The third-order valence-corrected chi connectivity index (χ3v) is 4.54. The number of hydrogen-bond acceptors (Lipinski definition) is 3. The van der Waals surface area contributed by atoms with Crippen molar-refractivity contribution >= 4 is 28.8 Å². The monoisotopic (exact) mass is 301 g/mol. The molecule has 1 aromatic rings. The first-order valence-corrected chi connectivity index (χ1v) is 8.10. The Morgan fingerprint density at radius 2 is 2.16 bits per heavy atom. The molecule has 0 saturated heterocycles. The van der Waals surface area contributed by atoms with Gasteiger partial charge in [0.15, 0.2) is 0 Å². The molecule has 19 heavy (non-hydrogen) atoms. The van der Waals surface area contributed by atoms with Crippen LogP contribution >= 0.6 is 22.9 Å². The summed E-state index contributed by atoms with van der Waals surface area (Å²) in [5.41, 5.74) is 0. The Hall–Kier alpha value is -0.580. The molecule has 0 radical (unpaired) electrons. The van der Waals surface area contributed by atoms with Gasteiger partial charge in [-0.25, -0.2) is 0 Å². The second-order valence-corrected chi connectivity index (χ2v) is 6.56. The normalized spacial score (nSPS) is 16.5. The van der Waals surface area contributed by atoms with E-state index in [9.17, 15) is 4.79 Å². The standard InChI is InChI=1S/C14H20ClNO2S/c15-13-8-7-12(19-13)14(17)16-9-4-10-18-11-5-2-1-3-6-11/h7-8,11H,1-6,9-10H2,(H,16,17). The van der Waals surface area contributed by atoms with Gasteiger partial charge in [-0.1, -0.05) is 30.9 Å². The van der Waals surface area contributed by atoms with E-state index in [0.29, 0.717) is 21.9 Å². The second-order valence-electron chi connectivity index (χ2n) is 4.84. The summed E-state index contributed by atoms with van der Waals surface area (Å²) in [6.07, 6.45) is 7.63. The number of carbonyl (C=O) groups is 1. The van der Waals surface area contributed by atoms with Gasteiger partial charge >= 0.3 is 0 Å². The first-order chi connectivity index (χ1) is 9.25. The average molecular weight is 302 g/mol. The number of amides is 1. The molecule has 1 saturated carbocycles. The molecule has 1 heterocycles. The highest BCUT2D eigenvalue weighted by Crippen LogP contribution is 2.21. The maximum absolute atomic E-state index is 11.7. The Kier molecular flexibility index (Phi) is 6.14. The molecule has 1 fully saturated rings. The van der Waals surface area contributed by atoms with E-state index in [1.165, 1.54) is 43.4 Å². The van der Waals surface area contributed by atoms with Crippen LogP contribution in [0.4, 0.5) is 0 Å². The highest BCUT2D eigenvalue weighted by molar-refractivity contribution is 7.17. The minimum Gasteiger partial charge on any atom is -0.378 e. The number of halogens is 1. The summed E-state index contributed by atoms with van der Waals surface area (Å²) in [6.45, 7) is 1.39. The summed E-state index contributed by atoms with van der Waals surface area (Å²) in [4.78, 5) is 12.4. The largest absolute Gasteiger partial charge is 0.378 e. The molecule has 0 unspecified atom stereocenters. The van der Waals surface area contributed by atoms with E-state index < -0.39 is 0 Å². The average Bonchev–Trinajstić information content (AvgIpc) is 2.86. The first-order valence-electron chi connectivity index (χ1n) is 6.91. The van der Waals surface area contributed by atoms with E-state index in [4.69, 9.17) is 16.3 Å². The minimum absolute atomic E-state index is 0.0467. The molecule has 106 valence electrons. The van der Waals surface area contributed by atoms with Gasteiger partial charge in [0.1, 0.15) is 0 Å². The van der Waals surface area contributed by atoms with E-state index in [1.54, 1.807) is 12.1 Å². The lowest BCUT2D eigenvalue weighted by Gasteiger charge is -2.21. The molecule has 0 aliphatic heterocycles. The van der Waals surface area contributed by atoms with Crippen LogP contribution < -0.4 is 5.32 Å². The quantitative estimate of drug-likeness (QED) is 0.810. The molecule has 1 aromatic heterocycles. The molecule has 5 heteroatoms. The molecular formula is C14H20ClNO2S. The third-order valence-electron chi connectivity index (χ3n) is 3.31. The van der Waals surface area contributed by atoms with E-state index in [0.717, 1.165) is 13.0 Å². The van der Waals surface area contributed by atoms with Crippen molar-refractivity contribution in [2.45, 2.75) is 44.6 Å². The Bertz CT molecular complexity index is 402. The van der Waals surface area contributed by atoms with Gasteiger partial charge in [-0.15, -0.1) is 11.3 Å². The number of hydrogen-bond donors (Lipinski definition) is 1. The van der Waals surface area contributed by atoms with Crippen LogP contribution in [0, 0.1) is 0 Å². The smallest absolute Gasteiger partial charge is 0.261 e. The molecule has 0 aromatic carbocycles. The van der Waals surface area contributed by atoms with Crippen molar-refractivity contribution in [3.63, 3.8) is 0 Å². The van der Waals surface area contributed by atoms with Gasteiger partial charge in [0.25, 0.3) is 5.91 Å². The van der Waals surface area contributed by atoms with Gasteiger partial charge in [-0.3, -0.25) is 4.79 Å². The summed E-state index contributed by atoms with van der Waals surface area (Å²) in [5.74, 6) is -0.0467. The van der Waals surface area contributed by atoms with Crippen LogP contribution in [0.25, 0.3) is 0 Å². The van der Waals surface area contributed by atoms with E-state index in [1.807, 2.05) is 0 Å². The fourth-order valence-corrected chi connectivity index (χ4v) is 3.24. The fourth-order valence-electron chi connectivity index (χ4n) is 2.28. The predicted octanol–water partition coefficient (Wildman–Crippen LogP) is 3.87. The lowest BCUT2D eigenvalue weighted by atomic mass is 9.98. The van der Waals surface area contributed by atoms with E-state index in [2.05, 4.69) is 5.32 Å². The summed E-state index contributed by atoms with van der Waals surface area (Å²) >= 11 is 7.10. The van der Waals surface area contributed by atoms with Crippen molar-refractivity contribution in [1.29, 1.82) is 0 Å². The molecule has 1 amide bonds. The van der Waals surface area contributed by atoms with Crippen LogP contribution in [0.2, 0.25) is 4.34 Å². The second kappa shape index (κ2) is 7.88. The van der Waals surface area contributed by atoms with Gasteiger partial charge in [-0.05, 0) is 31.4 Å². The zero-order valence-corrected chi connectivity index (χ0v) is 12.6. The zero-order chi connectivity index (χ0) is 13.5. The van der Waals surface area contributed by atoms with Gasteiger partial charge in [-0.2, -0.15) is 0 Å². The molecule has 3 nitrogen and oxygen atoms in total. The molecule has 0 atom stereocenters. The van der Waals surface area contributed by atoms with Crippen molar-refractivity contribution in [2.24, 2.45) is 0 Å². The Labute approximate surface area is 123 Å². The molecule has 1 N–H and O–H groups in total. The van der Waals surface area contributed by atoms with Crippen molar-refractivity contribution in [1.82, 2.24) is 5.32 Å².